The van der Waals surface area contributed by atoms with Gasteiger partial charge in [-0.3, -0.25) is 9.59 Å². The van der Waals surface area contributed by atoms with Crippen molar-refractivity contribution in [1.29, 1.82) is 0 Å². The van der Waals surface area contributed by atoms with Crippen molar-refractivity contribution >= 4 is 11.9 Å². The average molecular weight is 263 g/mol. The molecule has 104 valence electrons. The zero-order valence-electron chi connectivity index (χ0n) is 12.0. The fourth-order valence-corrected chi connectivity index (χ4v) is 1.93. The van der Waals surface area contributed by atoms with Gasteiger partial charge in [-0.1, -0.05) is 30.3 Å². The number of carbonyl (C=O) groups excluding carboxylic acids is 2. The van der Waals surface area contributed by atoms with Gasteiger partial charge in [0.25, 0.3) is 0 Å². The molecule has 4 heteroatoms. The summed E-state index contributed by atoms with van der Waals surface area (Å²) in [7, 11) is 1.62. The molecule has 0 fully saturated rings. The summed E-state index contributed by atoms with van der Waals surface area (Å²) in [4.78, 5) is 25.2. The first kappa shape index (κ1) is 15.2. The average Bonchev–Trinajstić information content (AvgIpc) is 2.39. The van der Waals surface area contributed by atoms with E-state index in [0.29, 0.717) is 6.61 Å². The molecule has 0 heterocycles. The molecule has 1 aromatic carbocycles. The van der Waals surface area contributed by atoms with Crippen LogP contribution in [0.4, 0.5) is 0 Å². The lowest BCUT2D eigenvalue weighted by Crippen LogP contribution is -2.43. The van der Waals surface area contributed by atoms with E-state index >= 15 is 0 Å². The SMILES string of the molecule is CCOC(=O)CN(C)C(=O)C(C)(C)c1ccccc1. The summed E-state index contributed by atoms with van der Waals surface area (Å²) in [5.74, 6) is -0.492. The van der Waals surface area contributed by atoms with Gasteiger partial charge < -0.3 is 9.64 Å². The first-order valence-corrected chi connectivity index (χ1v) is 6.36. The normalized spacial score (nSPS) is 10.9. The molecule has 0 saturated heterocycles. The minimum atomic E-state index is -0.664. The van der Waals surface area contributed by atoms with Gasteiger partial charge in [0.1, 0.15) is 6.54 Å². The van der Waals surface area contributed by atoms with Crippen LogP contribution in [-0.4, -0.2) is 37.0 Å². The Morgan fingerprint density at radius 1 is 1.21 bits per heavy atom. The van der Waals surface area contributed by atoms with Gasteiger partial charge in [-0.05, 0) is 26.3 Å². The molecule has 0 radical (unpaired) electrons. The third-order valence-electron chi connectivity index (χ3n) is 3.05. The van der Waals surface area contributed by atoms with E-state index in [1.165, 1.54) is 4.90 Å². The number of amides is 1. The van der Waals surface area contributed by atoms with Crippen molar-refractivity contribution in [3.63, 3.8) is 0 Å². The maximum Gasteiger partial charge on any atom is 0.325 e. The Labute approximate surface area is 114 Å². The Bertz CT molecular complexity index is 440. The second-order valence-electron chi connectivity index (χ2n) is 4.96. The smallest absolute Gasteiger partial charge is 0.325 e. The van der Waals surface area contributed by atoms with Crippen molar-refractivity contribution in [3.8, 4) is 0 Å². The molecule has 1 amide bonds. The molecule has 1 rings (SSSR count). The van der Waals surface area contributed by atoms with Gasteiger partial charge in [0.15, 0.2) is 0 Å². The Morgan fingerprint density at radius 2 is 1.79 bits per heavy atom. The second-order valence-corrected chi connectivity index (χ2v) is 4.96. The van der Waals surface area contributed by atoms with E-state index < -0.39 is 5.41 Å². The Balaban J connectivity index is 2.78. The van der Waals surface area contributed by atoms with E-state index in [-0.39, 0.29) is 18.4 Å². The summed E-state index contributed by atoms with van der Waals surface area (Å²) in [6.07, 6.45) is 0. The van der Waals surface area contributed by atoms with E-state index in [0.717, 1.165) is 5.56 Å². The predicted octanol–water partition coefficient (Wildman–Crippen LogP) is 1.99. The van der Waals surface area contributed by atoms with Crippen LogP contribution in [0.3, 0.4) is 0 Å². The summed E-state index contributed by atoms with van der Waals surface area (Å²) in [5, 5.41) is 0. The van der Waals surface area contributed by atoms with Crippen LogP contribution in [0.25, 0.3) is 0 Å². The van der Waals surface area contributed by atoms with Crippen LogP contribution in [0.5, 0.6) is 0 Å². The first-order chi connectivity index (χ1) is 8.89. The van der Waals surface area contributed by atoms with Gasteiger partial charge in [0.05, 0.1) is 12.0 Å². The summed E-state index contributed by atoms with van der Waals surface area (Å²) < 4.78 is 4.85. The van der Waals surface area contributed by atoms with Crippen LogP contribution in [0.1, 0.15) is 26.3 Å². The molecule has 0 spiro atoms. The topological polar surface area (TPSA) is 46.6 Å². The maximum atomic E-state index is 12.4. The van der Waals surface area contributed by atoms with Gasteiger partial charge in [-0.2, -0.15) is 0 Å². The number of nitrogens with zero attached hydrogens (tertiary/aromatic N) is 1. The van der Waals surface area contributed by atoms with Crippen molar-refractivity contribution in [2.24, 2.45) is 0 Å². The highest BCUT2D eigenvalue weighted by Gasteiger charge is 2.32. The van der Waals surface area contributed by atoms with Crippen LogP contribution in [0.2, 0.25) is 0 Å². The zero-order valence-corrected chi connectivity index (χ0v) is 12.0. The Hall–Kier alpha value is -1.84. The van der Waals surface area contributed by atoms with E-state index in [1.54, 1.807) is 14.0 Å². The number of rotatable bonds is 5. The lowest BCUT2D eigenvalue weighted by molar-refractivity contribution is -0.149. The molecule has 1 aromatic rings. The zero-order chi connectivity index (χ0) is 14.5. The Kier molecular flexibility index (Phi) is 5.10. The van der Waals surface area contributed by atoms with Crippen LogP contribution < -0.4 is 0 Å². The fourth-order valence-electron chi connectivity index (χ4n) is 1.93. The molecule has 0 aliphatic carbocycles. The number of esters is 1. The summed E-state index contributed by atoms with van der Waals surface area (Å²) in [5.41, 5.74) is 0.262. The predicted molar refractivity (Wildman–Crippen MR) is 73.7 cm³/mol. The number of likely N-dealkylation sites (N-methyl/N-ethyl adjacent to an activating group) is 1. The summed E-state index contributed by atoms with van der Waals surface area (Å²) in [6, 6.07) is 9.53. The number of hydrogen-bond donors (Lipinski definition) is 0. The Morgan fingerprint density at radius 3 is 2.32 bits per heavy atom. The second kappa shape index (κ2) is 6.36. The quantitative estimate of drug-likeness (QED) is 0.763. The van der Waals surface area contributed by atoms with Crippen molar-refractivity contribution in [2.75, 3.05) is 20.2 Å². The first-order valence-electron chi connectivity index (χ1n) is 6.36. The lowest BCUT2D eigenvalue weighted by Gasteiger charge is -2.29. The molecular formula is C15H21NO3. The molecule has 19 heavy (non-hydrogen) atoms. The molecule has 0 aromatic heterocycles. The molecule has 0 aliphatic heterocycles. The van der Waals surface area contributed by atoms with Gasteiger partial charge in [-0.15, -0.1) is 0 Å². The molecule has 0 saturated carbocycles. The number of ether oxygens (including phenoxy) is 1. The molecule has 0 N–H and O–H groups in total. The maximum absolute atomic E-state index is 12.4. The highest BCUT2D eigenvalue weighted by atomic mass is 16.5. The third-order valence-corrected chi connectivity index (χ3v) is 3.05. The molecule has 0 atom stereocenters. The largest absolute Gasteiger partial charge is 0.465 e. The fraction of sp³-hybridized carbons (Fsp3) is 0.467. The summed E-state index contributed by atoms with van der Waals surface area (Å²) >= 11 is 0. The minimum absolute atomic E-state index is 0.0249. The van der Waals surface area contributed by atoms with E-state index in [9.17, 15) is 9.59 Å². The number of hydrogen-bond acceptors (Lipinski definition) is 3. The van der Waals surface area contributed by atoms with Crippen molar-refractivity contribution in [3.05, 3.63) is 35.9 Å². The van der Waals surface area contributed by atoms with Crippen LogP contribution >= 0.6 is 0 Å². The lowest BCUT2D eigenvalue weighted by atomic mass is 9.83. The van der Waals surface area contributed by atoms with Crippen molar-refractivity contribution < 1.29 is 14.3 Å². The van der Waals surface area contributed by atoms with Crippen LogP contribution in [0.15, 0.2) is 30.3 Å². The number of carbonyl (C=O) groups is 2. The third kappa shape index (κ3) is 3.81. The molecule has 4 nitrogen and oxygen atoms in total. The van der Waals surface area contributed by atoms with E-state index in [1.807, 2.05) is 44.2 Å². The highest BCUT2D eigenvalue weighted by molar-refractivity contribution is 5.89. The molecule has 0 aliphatic rings. The standard InChI is InChI=1S/C15H21NO3/c1-5-19-13(17)11-16(4)14(18)15(2,3)12-9-7-6-8-10-12/h6-10H,5,11H2,1-4H3. The molecule has 0 unspecified atom stereocenters. The minimum Gasteiger partial charge on any atom is -0.465 e. The van der Waals surface area contributed by atoms with E-state index in [2.05, 4.69) is 0 Å². The highest BCUT2D eigenvalue weighted by Crippen LogP contribution is 2.24. The van der Waals surface area contributed by atoms with Gasteiger partial charge in [-0.25, -0.2) is 0 Å². The van der Waals surface area contributed by atoms with Gasteiger partial charge in [0.2, 0.25) is 5.91 Å². The van der Waals surface area contributed by atoms with Crippen molar-refractivity contribution in [2.45, 2.75) is 26.2 Å². The molecular weight excluding hydrogens is 242 g/mol. The van der Waals surface area contributed by atoms with E-state index in [4.69, 9.17) is 4.74 Å². The van der Waals surface area contributed by atoms with Crippen LogP contribution in [0, 0.1) is 0 Å². The van der Waals surface area contributed by atoms with Gasteiger partial charge >= 0.3 is 5.97 Å². The molecule has 0 bridgehead atoms. The van der Waals surface area contributed by atoms with Crippen molar-refractivity contribution in [1.82, 2.24) is 4.90 Å². The van der Waals surface area contributed by atoms with Crippen LogP contribution in [-0.2, 0) is 19.7 Å². The monoisotopic (exact) mass is 263 g/mol. The number of benzene rings is 1. The van der Waals surface area contributed by atoms with Gasteiger partial charge in [0, 0.05) is 7.05 Å². The summed E-state index contributed by atoms with van der Waals surface area (Å²) in [6.45, 7) is 5.75.